The van der Waals surface area contributed by atoms with Crippen LogP contribution >= 0.6 is 0 Å². The predicted molar refractivity (Wildman–Crippen MR) is 149 cm³/mol. The van der Waals surface area contributed by atoms with E-state index in [2.05, 4.69) is 10.3 Å². The Hall–Kier alpha value is -3.39. The van der Waals surface area contributed by atoms with Crippen LogP contribution in [-0.4, -0.2) is 76.8 Å². The average Bonchev–Trinajstić information content (AvgIpc) is 2.94. The quantitative estimate of drug-likeness (QED) is 0.563. The summed E-state index contributed by atoms with van der Waals surface area (Å²) in [7, 11) is 1.78. The number of carbonyl (C=O) groups excluding carboxylic acids is 2. The van der Waals surface area contributed by atoms with Gasteiger partial charge >= 0.3 is 6.03 Å². The van der Waals surface area contributed by atoms with Crippen LogP contribution in [0.3, 0.4) is 0 Å². The van der Waals surface area contributed by atoms with Crippen molar-refractivity contribution in [2.75, 3.05) is 26.7 Å². The highest BCUT2D eigenvalue weighted by Gasteiger charge is 2.35. The van der Waals surface area contributed by atoms with Gasteiger partial charge in [0.1, 0.15) is 11.7 Å². The van der Waals surface area contributed by atoms with Gasteiger partial charge in [-0.25, -0.2) is 9.78 Å². The van der Waals surface area contributed by atoms with E-state index in [0.29, 0.717) is 18.7 Å². The van der Waals surface area contributed by atoms with Gasteiger partial charge in [0, 0.05) is 31.7 Å². The summed E-state index contributed by atoms with van der Waals surface area (Å²) in [5.74, 6) is -0.0668. The second-order valence-electron chi connectivity index (χ2n) is 10.7. The van der Waals surface area contributed by atoms with Crippen LogP contribution in [0.25, 0.3) is 12.2 Å². The van der Waals surface area contributed by atoms with Crippen LogP contribution in [0.2, 0.25) is 0 Å². The number of nitrogens with one attached hydrogen (secondary N) is 1. The van der Waals surface area contributed by atoms with E-state index in [1.165, 1.54) is 6.42 Å². The molecule has 1 saturated carbocycles. The number of rotatable bonds is 7. The molecule has 3 amide bonds. The molecule has 2 N–H and O–H groups in total. The maximum absolute atomic E-state index is 13.6. The van der Waals surface area contributed by atoms with E-state index >= 15 is 0 Å². The Morgan fingerprint density at radius 3 is 2.63 bits per heavy atom. The number of aliphatic hydroxyl groups excluding tert-OH is 1. The van der Waals surface area contributed by atoms with Gasteiger partial charge in [-0.2, -0.15) is 0 Å². The molecule has 2 aromatic rings. The molecule has 0 unspecified atom stereocenters. The molecule has 1 aliphatic heterocycles. The largest absolute Gasteiger partial charge is 0.472 e. The summed E-state index contributed by atoms with van der Waals surface area (Å²) in [6, 6.07) is 11.4. The molecule has 1 aliphatic carbocycles. The maximum atomic E-state index is 13.6. The Balaban J connectivity index is 1.56. The minimum absolute atomic E-state index is 0.0921. The van der Waals surface area contributed by atoms with Gasteiger partial charge in [0.05, 0.1) is 19.2 Å². The first-order chi connectivity index (χ1) is 18.4. The van der Waals surface area contributed by atoms with Gasteiger partial charge in [-0.15, -0.1) is 0 Å². The molecule has 8 heteroatoms. The van der Waals surface area contributed by atoms with E-state index in [1.807, 2.05) is 56.3 Å². The van der Waals surface area contributed by atoms with Crippen LogP contribution in [0.5, 0.6) is 5.88 Å². The summed E-state index contributed by atoms with van der Waals surface area (Å²) in [5, 5.41) is 13.1. The fourth-order valence-corrected chi connectivity index (χ4v) is 5.07. The molecule has 3 atom stereocenters. The van der Waals surface area contributed by atoms with Crippen LogP contribution in [0.4, 0.5) is 4.79 Å². The molecule has 1 aromatic carbocycles. The van der Waals surface area contributed by atoms with Gasteiger partial charge in [0.25, 0.3) is 5.91 Å². The van der Waals surface area contributed by atoms with Crippen molar-refractivity contribution >= 4 is 24.1 Å². The summed E-state index contributed by atoms with van der Waals surface area (Å²) in [6.07, 6.45) is 10.8. The molecule has 0 spiro atoms. The number of amides is 3. The number of ether oxygens (including phenoxy) is 1. The summed E-state index contributed by atoms with van der Waals surface area (Å²) in [4.78, 5) is 34.4. The lowest BCUT2D eigenvalue weighted by Crippen LogP contribution is -2.52. The van der Waals surface area contributed by atoms with E-state index in [9.17, 15) is 14.7 Å². The minimum atomic E-state index is -0.379. The molecule has 4 rings (SSSR count). The number of urea groups is 1. The Bertz CT molecular complexity index is 1120. The molecule has 0 saturated heterocycles. The molecule has 2 heterocycles. The van der Waals surface area contributed by atoms with Crippen molar-refractivity contribution < 1.29 is 19.4 Å². The van der Waals surface area contributed by atoms with Crippen LogP contribution in [-0.2, 0) is 0 Å². The molecule has 0 bridgehead atoms. The average molecular weight is 521 g/mol. The van der Waals surface area contributed by atoms with Crippen LogP contribution in [0.1, 0.15) is 67.4 Å². The predicted octanol–water partition coefficient (Wildman–Crippen LogP) is 4.45. The van der Waals surface area contributed by atoms with E-state index in [4.69, 9.17) is 4.74 Å². The van der Waals surface area contributed by atoms with Crippen LogP contribution in [0.15, 0.2) is 42.6 Å². The Kier molecular flexibility index (Phi) is 9.39. The highest BCUT2D eigenvalue weighted by Crippen LogP contribution is 2.28. The van der Waals surface area contributed by atoms with Crippen molar-refractivity contribution in [2.45, 2.75) is 64.1 Å². The first-order valence-corrected chi connectivity index (χ1v) is 13.7. The standard InChI is InChI=1S/C30H40N4O4/c1-21-18-34(22(2)20-35)29(36)26-16-24(15-14-23-10-6-4-7-11-23)17-31-28(26)38-27(21)19-33(3)30(37)32-25-12-8-5-9-13-25/h4,6-7,10-11,14-17,21-22,25,27,35H,5,8-9,12-13,18-20H2,1-3H3,(H,32,37)/b15-14+/t21-,22+,27+/m0/s1. The number of likely N-dealkylation sites (N-methyl/N-ethyl adjacent to an activating group) is 1. The third-order valence-corrected chi connectivity index (χ3v) is 7.54. The van der Waals surface area contributed by atoms with Crippen LogP contribution in [0, 0.1) is 5.92 Å². The molecule has 1 fully saturated rings. The van der Waals surface area contributed by atoms with Gasteiger partial charge in [-0.1, -0.05) is 68.7 Å². The lowest BCUT2D eigenvalue weighted by atomic mass is 9.96. The first-order valence-electron chi connectivity index (χ1n) is 13.7. The number of benzene rings is 1. The fraction of sp³-hybridized carbons (Fsp3) is 0.500. The summed E-state index contributed by atoms with van der Waals surface area (Å²) >= 11 is 0. The fourth-order valence-electron chi connectivity index (χ4n) is 5.07. The third kappa shape index (κ3) is 6.92. The Morgan fingerprint density at radius 2 is 1.92 bits per heavy atom. The van der Waals surface area contributed by atoms with Crippen molar-refractivity contribution in [1.82, 2.24) is 20.1 Å². The number of aromatic nitrogens is 1. The van der Waals surface area contributed by atoms with Gasteiger partial charge < -0.3 is 25.0 Å². The Morgan fingerprint density at radius 1 is 1.21 bits per heavy atom. The van der Waals surface area contributed by atoms with E-state index in [-0.39, 0.29) is 48.5 Å². The number of pyridine rings is 1. The monoisotopic (exact) mass is 520 g/mol. The van der Waals surface area contributed by atoms with Crippen molar-refractivity contribution in [1.29, 1.82) is 0 Å². The zero-order valence-corrected chi connectivity index (χ0v) is 22.7. The van der Waals surface area contributed by atoms with Crippen LogP contribution < -0.4 is 10.1 Å². The molecule has 0 radical (unpaired) electrons. The SMILES string of the molecule is C[C@H](CO)N1C[C@H](C)[C@@H](CN(C)C(=O)NC2CCCCC2)Oc2ncc(/C=C/c3ccccc3)cc2C1=O. The molecular formula is C30H40N4O4. The van der Waals surface area contributed by atoms with E-state index in [0.717, 1.165) is 36.8 Å². The molecule has 1 aromatic heterocycles. The lowest BCUT2D eigenvalue weighted by Gasteiger charge is -2.38. The maximum Gasteiger partial charge on any atom is 0.317 e. The van der Waals surface area contributed by atoms with Gasteiger partial charge in [0.2, 0.25) is 5.88 Å². The first kappa shape index (κ1) is 27.6. The van der Waals surface area contributed by atoms with Gasteiger partial charge in [-0.3, -0.25) is 4.79 Å². The highest BCUT2D eigenvalue weighted by molar-refractivity contribution is 5.97. The topological polar surface area (TPSA) is 95.0 Å². The minimum Gasteiger partial charge on any atom is -0.472 e. The number of hydrogen-bond donors (Lipinski definition) is 2. The number of fused-ring (bicyclic) bond motifs is 1. The van der Waals surface area contributed by atoms with Crippen molar-refractivity contribution in [3.05, 3.63) is 59.3 Å². The molecule has 38 heavy (non-hydrogen) atoms. The highest BCUT2D eigenvalue weighted by atomic mass is 16.5. The molecule has 204 valence electrons. The van der Waals surface area contributed by atoms with Gasteiger partial charge in [-0.05, 0) is 37.0 Å². The normalized spacial score (nSPS) is 21.3. The summed E-state index contributed by atoms with van der Waals surface area (Å²) in [6.45, 7) is 4.44. The third-order valence-electron chi connectivity index (χ3n) is 7.54. The van der Waals surface area contributed by atoms with E-state index in [1.54, 1.807) is 29.1 Å². The second kappa shape index (κ2) is 12.9. The smallest absolute Gasteiger partial charge is 0.317 e. The molecule has 2 aliphatic rings. The lowest BCUT2D eigenvalue weighted by molar-refractivity contribution is 0.0351. The zero-order chi connectivity index (χ0) is 27.1. The van der Waals surface area contributed by atoms with Crippen molar-refractivity contribution in [2.24, 2.45) is 5.92 Å². The second-order valence-corrected chi connectivity index (χ2v) is 10.7. The van der Waals surface area contributed by atoms with E-state index < -0.39 is 0 Å². The Labute approximate surface area is 225 Å². The number of aliphatic hydroxyl groups is 1. The van der Waals surface area contributed by atoms with Crippen molar-refractivity contribution in [3.63, 3.8) is 0 Å². The number of nitrogens with zero attached hydrogens (tertiary/aromatic N) is 3. The summed E-state index contributed by atoms with van der Waals surface area (Å²) < 4.78 is 6.34. The van der Waals surface area contributed by atoms with Crippen molar-refractivity contribution in [3.8, 4) is 5.88 Å². The zero-order valence-electron chi connectivity index (χ0n) is 22.7. The molecular weight excluding hydrogens is 480 g/mol. The molecule has 8 nitrogen and oxygen atoms in total. The number of hydrogen-bond acceptors (Lipinski definition) is 5. The summed E-state index contributed by atoms with van der Waals surface area (Å²) in [5.41, 5.74) is 2.17. The number of carbonyl (C=O) groups is 2. The van der Waals surface area contributed by atoms with Gasteiger partial charge in [0.15, 0.2) is 0 Å².